The van der Waals surface area contributed by atoms with Gasteiger partial charge in [-0.1, -0.05) is 72.9 Å². The fourth-order valence-corrected chi connectivity index (χ4v) is 2.76. The molecule has 0 heterocycles. The average Bonchev–Trinajstić information content (AvgIpc) is 2.67. The van der Waals surface area contributed by atoms with Crippen LogP contribution in [0.25, 0.3) is 0 Å². The molecule has 0 aromatic heterocycles. The topological polar surface area (TPSA) is 64.7 Å². The van der Waals surface area contributed by atoms with E-state index in [-0.39, 0.29) is 11.8 Å². The zero-order valence-corrected chi connectivity index (χ0v) is 16.8. The minimum atomic E-state index is -0.461. The van der Waals surface area contributed by atoms with Crippen molar-refractivity contribution in [2.24, 2.45) is 0 Å². The average molecular weight is 403 g/mol. The minimum Gasteiger partial charge on any atom is -0.287 e. The zero-order valence-electron chi connectivity index (χ0n) is 15.1. The highest BCUT2D eigenvalue weighted by Crippen LogP contribution is 2.20. The van der Waals surface area contributed by atoms with Gasteiger partial charge in [0.05, 0.1) is 5.37 Å². The second-order valence-electron chi connectivity index (χ2n) is 5.87. The molecule has 0 aliphatic heterocycles. The molecule has 0 radical (unpaired) electrons. The fourth-order valence-electron chi connectivity index (χ4n) is 2.34. The smallest absolute Gasteiger partial charge is 0.247 e. The molecule has 2 aromatic rings. The van der Waals surface area contributed by atoms with E-state index in [9.17, 15) is 9.59 Å². The first kappa shape index (κ1) is 20.9. The summed E-state index contributed by atoms with van der Waals surface area (Å²) in [5.74, 6) is -0.902. The standard InChI is InChI=1S/C19H22N4O2S2/c1-22(18(26)14-9-5-3-6-10-14)20-16(24)13-17(25)21-23(2)19(27)15-11-7-4-8-12-15/h3-12,18,26H,13H2,1-2H3,(H,20,24)(H,21,25). The van der Waals surface area contributed by atoms with E-state index in [0.717, 1.165) is 11.1 Å². The predicted octanol–water partition coefficient (Wildman–Crippen LogP) is 2.31. The predicted molar refractivity (Wildman–Crippen MR) is 113 cm³/mol. The van der Waals surface area contributed by atoms with E-state index < -0.39 is 11.8 Å². The number of nitrogens with zero attached hydrogens (tertiary/aromatic N) is 2. The molecule has 1 atom stereocenters. The van der Waals surface area contributed by atoms with Gasteiger partial charge in [0.1, 0.15) is 11.4 Å². The Morgan fingerprint density at radius 1 is 0.963 bits per heavy atom. The van der Waals surface area contributed by atoms with Crippen molar-refractivity contribution in [2.45, 2.75) is 11.8 Å². The van der Waals surface area contributed by atoms with Crippen LogP contribution >= 0.6 is 24.8 Å². The van der Waals surface area contributed by atoms with Crippen LogP contribution in [0.5, 0.6) is 0 Å². The second-order valence-corrected chi connectivity index (χ2v) is 6.75. The summed E-state index contributed by atoms with van der Waals surface area (Å²) in [6.45, 7) is 0. The van der Waals surface area contributed by atoms with E-state index in [0.29, 0.717) is 4.99 Å². The molecule has 0 saturated heterocycles. The second kappa shape index (κ2) is 10.1. The first-order chi connectivity index (χ1) is 12.9. The molecule has 0 spiro atoms. The lowest BCUT2D eigenvalue weighted by Gasteiger charge is -2.25. The van der Waals surface area contributed by atoms with Gasteiger partial charge in [-0.3, -0.25) is 25.4 Å². The summed E-state index contributed by atoms with van der Waals surface area (Å²) in [5.41, 5.74) is 6.98. The van der Waals surface area contributed by atoms with Gasteiger partial charge >= 0.3 is 0 Å². The maximum Gasteiger partial charge on any atom is 0.247 e. The van der Waals surface area contributed by atoms with Crippen molar-refractivity contribution in [3.8, 4) is 0 Å². The zero-order chi connectivity index (χ0) is 19.8. The molecule has 1 unspecified atom stereocenters. The minimum absolute atomic E-state index is 0.327. The molecule has 2 rings (SSSR count). The Bertz CT molecular complexity index is 787. The van der Waals surface area contributed by atoms with Crippen molar-refractivity contribution in [1.29, 1.82) is 0 Å². The van der Waals surface area contributed by atoms with Crippen LogP contribution < -0.4 is 10.9 Å². The third-order valence-electron chi connectivity index (χ3n) is 3.70. The number of benzene rings is 2. The summed E-state index contributed by atoms with van der Waals surface area (Å²) in [5, 5.41) is 2.65. The first-order valence-electron chi connectivity index (χ1n) is 8.26. The first-order valence-corrected chi connectivity index (χ1v) is 9.19. The monoisotopic (exact) mass is 402 g/mol. The summed E-state index contributed by atoms with van der Waals surface area (Å²) in [6, 6.07) is 18.8. The SMILES string of the molecule is CN(NC(=O)CC(=O)NN(C)C(S)c1ccccc1)C(=S)c1ccccc1. The molecule has 27 heavy (non-hydrogen) atoms. The number of hydrazine groups is 2. The summed E-state index contributed by atoms with van der Waals surface area (Å²) < 4.78 is 0. The lowest BCUT2D eigenvalue weighted by molar-refractivity contribution is -0.133. The molecule has 2 amide bonds. The Morgan fingerprint density at radius 3 is 2.07 bits per heavy atom. The van der Waals surface area contributed by atoms with Crippen LogP contribution in [0.4, 0.5) is 0 Å². The van der Waals surface area contributed by atoms with Gasteiger partial charge < -0.3 is 0 Å². The molecule has 0 aliphatic carbocycles. The maximum atomic E-state index is 12.1. The molecule has 2 aromatic carbocycles. The van der Waals surface area contributed by atoms with Gasteiger partial charge in [0, 0.05) is 19.7 Å². The highest BCUT2D eigenvalue weighted by atomic mass is 32.1. The molecule has 8 heteroatoms. The number of amides is 2. The third-order valence-corrected chi connectivity index (χ3v) is 4.86. The van der Waals surface area contributed by atoms with Crippen LogP contribution in [0.3, 0.4) is 0 Å². The summed E-state index contributed by atoms with van der Waals surface area (Å²) in [4.78, 5) is 24.7. The normalized spacial score (nSPS) is 11.6. The number of hydrogen-bond donors (Lipinski definition) is 3. The maximum absolute atomic E-state index is 12.1. The molecule has 0 fully saturated rings. The van der Waals surface area contributed by atoms with Crippen LogP contribution in [0.1, 0.15) is 22.9 Å². The molecule has 0 aliphatic rings. The number of thiocarbonyl (C=S) groups is 1. The Labute approximate surface area is 169 Å². The molecule has 6 nitrogen and oxygen atoms in total. The Balaban J connectivity index is 1.82. The van der Waals surface area contributed by atoms with Crippen molar-refractivity contribution in [3.63, 3.8) is 0 Å². The van der Waals surface area contributed by atoms with Crippen molar-refractivity contribution >= 4 is 41.6 Å². The van der Waals surface area contributed by atoms with E-state index in [2.05, 4.69) is 23.5 Å². The Hall–Kier alpha value is -2.42. The number of hydrogen-bond acceptors (Lipinski definition) is 5. The van der Waals surface area contributed by atoms with Gasteiger partial charge in [0.15, 0.2) is 0 Å². The van der Waals surface area contributed by atoms with Crippen LogP contribution in [-0.4, -0.2) is 40.9 Å². The van der Waals surface area contributed by atoms with Crippen LogP contribution in [0, 0.1) is 0 Å². The van der Waals surface area contributed by atoms with Gasteiger partial charge in [0.2, 0.25) is 11.8 Å². The quantitative estimate of drug-likeness (QED) is 0.228. The number of nitrogens with one attached hydrogen (secondary N) is 2. The van der Waals surface area contributed by atoms with E-state index in [1.165, 1.54) is 5.01 Å². The van der Waals surface area contributed by atoms with Crippen molar-refractivity contribution in [1.82, 2.24) is 20.9 Å². The van der Waals surface area contributed by atoms with E-state index >= 15 is 0 Å². The Morgan fingerprint density at radius 2 is 1.48 bits per heavy atom. The molecular weight excluding hydrogens is 380 g/mol. The number of thiol groups is 1. The van der Waals surface area contributed by atoms with Gasteiger partial charge in [-0.05, 0) is 5.56 Å². The fraction of sp³-hybridized carbons (Fsp3) is 0.211. The number of carbonyl (C=O) groups excluding carboxylic acids is 2. The van der Waals surface area contributed by atoms with Gasteiger partial charge in [-0.25, -0.2) is 5.01 Å². The molecule has 142 valence electrons. The third kappa shape index (κ3) is 6.35. The summed E-state index contributed by atoms with van der Waals surface area (Å²) in [7, 11) is 3.33. The van der Waals surface area contributed by atoms with Crippen molar-refractivity contribution < 1.29 is 9.59 Å². The van der Waals surface area contributed by atoms with Crippen LogP contribution in [-0.2, 0) is 9.59 Å². The van der Waals surface area contributed by atoms with Crippen LogP contribution in [0.2, 0.25) is 0 Å². The van der Waals surface area contributed by atoms with Crippen molar-refractivity contribution in [3.05, 3.63) is 71.8 Å². The summed E-state index contributed by atoms with van der Waals surface area (Å²) >= 11 is 9.81. The van der Waals surface area contributed by atoms with E-state index in [4.69, 9.17) is 12.2 Å². The molecule has 0 saturated carbocycles. The largest absolute Gasteiger partial charge is 0.287 e. The number of rotatable bonds is 6. The van der Waals surface area contributed by atoms with Crippen LogP contribution in [0.15, 0.2) is 60.7 Å². The van der Waals surface area contributed by atoms with Gasteiger partial charge in [-0.2, -0.15) is 12.6 Å². The van der Waals surface area contributed by atoms with Gasteiger partial charge in [0.25, 0.3) is 0 Å². The lowest BCUT2D eigenvalue weighted by atomic mass is 10.2. The summed E-state index contributed by atoms with van der Waals surface area (Å²) in [6.07, 6.45) is -0.332. The van der Waals surface area contributed by atoms with Crippen molar-refractivity contribution in [2.75, 3.05) is 14.1 Å². The highest BCUT2D eigenvalue weighted by molar-refractivity contribution is 7.80. The number of carbonyl (C=O) groups is 2. The molecule has 2 N–H and O–H groups in total. The lowest BCUT2D eigenvalue weighted by Crippen LogP contribution is -2.46. The highest BCUT2D eigenvalue weighted by Gasteiger charge is 2.18. The Kier molecular flexibility index (Phi) is 7.78. The van der Waals surface area contributed by atoms with E-state index in [1.807, 2.05) is 60.7 Å². The molecule has 0 bridgehead atoms. The van der Waals surface area contributed by atoms with E-state index in [1.54, 1.807) is 19.1 Å². The van der Waals surface area contributed by atoms with Gasteiger partial charge in [-0.15, -0.1) is 0 Å². The molecular formula is C19H22N4O2S2.